The first-order valence-electron chi connectivity index (χ1n) is 6.54. The van der Waals surface area contributed by atoms with Crippen molar-refractivity contribution in [3.8, 4) is 11.6 Å². The molecule has 11 nitrogen and oxygen atoms in total. The Morgan fingerprint density at radius 3 is 2.92 bits per heavy atom. The van der Waals surface area contributed by atoms with Crippen LogP contribution in [0, 0.1) is 6.92 Å². The minimum Gasteiger partial charge on any atom is -0.389 e. The van der Waals surface area contributed by atoms with Gasteiger partial charge in [-0.1, -0.05) is 9.35 Å². The lowest BCUT2D eigenvalue weighted by Crippen LogP contribution is -2.20. The summed E-state index contributed by atoms with van der Waals surface area (Å²) in [5, 5.41) is 3.51. The Hall–Kier alpha value is -2.27. The highest BCUT2D eigenvalue weighted by atomic mass is 31.2. The maximum absolute atomic E-state index is 13.1. The molecule has 2 N–H and O–H groups in total. The average Bonchev–Trinajstić information content (AvgIpc) is 2.65. The fourth-order valence-electron chi connectivity index (χ4n) is 1.83. The SMILES string of the molecule is Cc1nc2c3c(C=O)c1OOP(=O)(OO/C3=N\OCC(F)CN)O2. The molecule has 2 unspecified atom stereocenters. The second-order valence-electron chi connectivity index (χ2n) is 4.62. The number of fused-ring (bicyclic) bond motifs is 2. The van der Waals surface area contributed by atoms with Crippen LogP contribution < -0.4 is 15.1 Å². The van der Waals surface area contributed by atoms with E-state index in [1.54, 1.807) is 0 Å². The van der Waals surface area contributed by atoms with Gasteiger partial charge in [0, 0.05) is 6.54 Å². The molecule has 0 radical (unpaired) electrons. The van der Waals surface area contributed by atoms with Gasteiger partial charge in [-0.2, -0.15) is 0 Å². The highest BCUT2D eigenvalue weighted by Gasteiger charge is 2.45. The summed E-state index contributed by atoms with van der Waals surface area (Å²) in [6.07, 6.45) is -1.07. The average molecular weight is 363 g/mol. The van der Waals surface area contributed by atoms with E-state index in [1.165, 1.54) is 6.92 Å². The molecule has 4 heterocycles. The van der Waals surface area contributed by atoms with Crippen molar-refractivity contribution in [2.75, 3.05) is 13.2 Å². The molecule has 0 aliphatic carbocycles. The Morgan fingerprint density at radius 1 is 1.46 bits per heavy atom. The van der Waals surface area contributed by atoms with Crippen molar-refractivity contribution in [2.45, 2.75) is 13.1 Å². The van der Waals surface area contributed by atoms with Crippen LogP contribution in [0.15, 0.2) is 5.16 Å². The normalized spacial score (nSPS) is 24.2. The van der Waals surface area contributed by atoms with Gasteiger partial charge < -0.3 is 24.9 Å². The van der Waals surface area contributed by atoms with Gasteiger partial charge in [0.25, 0.3) is 0 Å². The number of alkyl halides is 1. The maximum atomic E-state index is 13.1. The summed E-state index contributed by atoms with van der Waals surface area (Å²) in [5.41, 5.74) is 5.07. The van der Waals surface area contributed by atoms with Crippen LogP contribution in [-0.2, 0) is 23.6 Å². The number of nitrogens with two attached hydrogens (primary N) is 1. The Labute approximate surface area is 133 Å². The summed E-state index contributed by atoms with van der Waals surface area (Å²) in [6.45, 7) is 0.747. The largest absolute Gasteiger partial charge is 0.605 e. The molecule has 1 aromatic heterocycles. The van der Waals surface area contributed by atoms with Gasteiger partial charge in [-0.15, -0.1) is 0 Å². The number of phosphoric acid groups is 1. The van der Waals surface area contributed by atoms with Crippen molar-refractivity contribution in [3.63, 3.8) is 0 Å². The zero-order chi connectivity index (χ0) is 17.3. The number of nitrogens with zero attached hydrogens (tertiary/aromatic N) is 2. The van der Waals surface area contributed by atoms with Gasteiger partial charge in [-0.3, -0.25) is 4.79 Å². The monoisotopic (exact) mass is 363 g/mol. The number of rotatable bonds is 5. The molecule has 1 aromatic rings. The van der Waals surface area contributed by atoms with Gasteiger partial charge in [-0.05, 0) is 12.1 Å². The molecule has 24 heavy (non-hydrogen) atoms. The van der Waals surface area contributed by atoms with Gasteiger partial charge in [0.2, 0.25) is 5.88 Å². The number of aryl methyl sites for hydroxylation is 1. The minimum atomic E-state index is -4.33. The highest BCUT2D eigenvalue weighted by molar-refractivity contribution is 7.48. The van der Waals surface area contributed by atoms with Crippen LogP contribution in [0.2, 0.25) is 0 Å². The van der Waals surface area contributed by atoms with Crippen molar-refractivity contribution in [3.05, 3.63) is 16.8 Å². The molecule has 0 amide bonds. The van der Waals surface area contributed by atoms with Crippen LogP contribution in [0.3, 0.4) is 0 Å². The molecule has 3 aliphatic heterocycles. The van der Waals surface area contributed by atoms with E-state index in [0.29, 0.717) is 6.29 Å². The molecule has 3 aliphatic rings. The van der Waals surface area contributed by atoms with Crippen LogP contribution >= 0.6 is 7.82 Å². The Morgan fingerprint density at radius 2 is 2.21 bits per heavy atom. The summed E-state index contributed by atoms with van der Waals surface area (Å²) in [4.78, 5) is 29.8. The van der Waals surface area contributed by atoms with Crippen molar-refractivity contribution in [2.24, 2.45) is 10.9 Å². The number of hydrogen-bond donors (Lipinski definition) is 1. The van der Waals surface area contributed by atoms with E-state index >= 15 is 0 Å². The fraction of sp³-hybridized carbons (Fsp3) is 0.364. The van der Waals surface area contributed by atoms with E-state index in [0.717, 1.165) is 0 Å². The zero-order valence-corrected chi connectivity index (χ0v) is 13.0. The van der Waals surface area contributed by atoms with Crippen LogP contribution in [0.1, 0.15) is 21.6 Å². The topological polar surface area (TPSA) is 141 Å². The molecule has 13 heteroatoms. The lowest BCUT2D eigenvalue weighted by molar-refractivity contribution is -0.193. The summed E-state index contributed by atoms with van der Waals surface area (Å²) >= 11 is 0. The number of pyridine rings is 1. The van der Waals surface area contributed by atoms with Crippen LogP contribution in [0.5, 0.6) is 11.6 Å². The molecular formula is C11H11FN3O8P. The summed E-state index contributed by atoms with van der Waals surface area (Å²) in [7, 11) is -4.33. The Balaban J connectivity index is 2.08. The van der Waals surface area contributed by atoms with Crippen LogP contribution in [-0.4, -0.2) is 36.5 Å². The number of aldehydes is 1. The van der Waals surface area contributed by atoms with Gasteiger partial charge in [0.1, 0.15) is 18.3 Å². The fourth-order valence-corrected chi connectivity index (χ4v) is 2.59. The van der Waals surface area contributed by atoms with Crippen molar-refractivity contribution < 1.29 is 42.2 Å². The second kappa shape index (κ2) is 6.32. The van der Waals surface area contributed by atoms with Crippen molar-refractivity contribution in [1.29, 1.82) is 0 Å². The third-order valence-corrected chi connectivity index (χ3v) is 3.84. The molecule has 0 aromatic carbocycles. The molecule has 0 spiro atoms. The summed E-state index contributed by atoms with van der Waals surface area (Å²) in [5.74, 6) is -0.906. The van der Waals surface area contributed by atoms with Crippen LogP contribution in [0.25, 0.3) is 0 Å². The van der Waals surface area contributed by atoms with E-state index < -0.39 is 26.5 Å². The summed E-state index contributed by atoms with van der Waals surface area (Å²) < 4.78 is 39.4. The van der Waals surface area contributed by atoms with E-state index in [1.807, 2.05) is 0 Å². The molecule has 0 fully saturated rings. The Bertz CT molecular complexity index is 757. The van der Waals surface area contributed by atoms with Crippen molar-refractivity contribution >= 4 is 20.0 Å². The van der Waals surface area contributed by atoms with E-state index in [4.69, 9.17) is 24.9 Å². The number of carbonyl (C=O) groups excluding carboxylic acids is 1. The maximum Gasteiger partial charge on any atom is 0.605 e. The number of hydrogen-bond acceptors (Lipinski definition) is 11. The molecule has 0 saturated heterocycles. The molecule has 2 atom stereocenters. The molecule has 0 saturated carbocycles. The smallest absolute Gasteiger partial charge is 0.389 e. The Kier molecular flexibility index (Phi) is 4.37. The summed E-state index contributed by atoms with van der Waals surface area (Å²) in [6, 6.07) is 0. The third kappa shape index (κ3) is 2.91. The number of oxime groups is 1. The third-order valence-electron chi connectivity index (χ3n) is 2.93. The van der Waals surface area contributed by atoms with E-state index in [-0.39, 0.29) is 35.0 Å². The van der Waals surface area contributed by atoms with E-state index in [9.17, 15) is 13.8 Å². The second-order valence-corrected chi connectivity index (χ2v) is 5.99. The lowest BCUT2D eigenvalue weighted by atomic mass is 10.1. The van der Waals surface area contributed by atoms with Gasteiger partial charge in [0.15, 0.2) is 12.0 Å². The number of halogens is 1. The molecule has 4 rings (SSSR count). The zero-order valence-electron chi connectivity index (χ0n) is 12.1. The minimum absolute atomic E-state index is 0.118. The molecular weight excluding hydrogens is 352 g/mol. The number of aromatic nitrogens is 1. The van der Waals surface area contributed by atoms with Gasteiger partial charge in [0.05, 0.1) is 11.3 Å². The first-order chi connectivity index (χ1) is 11.5. The highest BCUT2D eigenvalue weighted by Crippen LogP contribution is 2.55. The molecule has 130 valence electrons. The van der Waals surface area contributed by atoms with Crippen LogP contribution in [0.4, 0.5) is 4.39 Å². The first kappa shape index (κ1) is 16.6. The quantitative estimate of drug-likeness (QED) is 0.348. The lowest BCUT2D eigenvalue weighted by Gasteiger charge is -2.18. The molecule has 4 bridgehead atoms. The number of carbonyl (C=O) groups is 1. The van der Waals surface area contributed by atoms with E-state index in [2.05, 4.69) is 19.5 Å². The predicted molar refractivity (Wildman–Crippen MR) is 72.9 cm³/mol. The first-order valence-corrected chi connectivity index (χ1v) is 8.00. The standard InChI is InChI=1S/C11H11FN3O8P/c1-5-9-7(3-16)8-10(14-5)21-24(17,22-19-9)23-20-11(8)15-18-4-6(12)2-13/h3,6H,2,4,13H2,1H3/b15-11-. The predicted octanol–water partition coefficient (Wildman–Crippen LogP) is 0.950. The van der Waals surface area contributed by atoms with Crippen molar-refractivity contribution in [1.82, 2.24) is 4.98 Å². The van der Waals surface area contributed by atoms with Gasteiger partial charge >= 0.3 is 13.7 Å². The van der Waals surface area contributed by atoms with Gasteiger partial charge in [-0.25, -0.2) is 13.9 Å².